The maximum absolute atomic E-state index is 13.3. The molecule has 112 valence electrons. The summed E-state index contributed by atoms with van der Waals surface area (Å²) in [5, 5.41) is 3.66. The summed E-state index contributed by atoms with van der Waals surface area (Å²) in [6.45, 7) is 11.7. The molecule has 1 aromatic rings. The molecule has 2 atom stereocenters. The van der Waals surface area contributed by atoms with E-state index in [0.717, 1.165) is 25.2 Å². The molecule has 0 radical (unpaired) electrons. The van der Waals surface area contributed by atoms with Gasteiger partial charge in [-0.15, -0.1) is 0 Å². The molecular weight excluding hydrogens is 253 g/mol. The van der Waals surface area contributed by atoms with E-state index in [2.05, 4.69) is 42.9 Å². The molecule has 0 saturated carbocycles. The van der Waals surface area contributed by atoms with Crippen molar-refractivity contribution in [2.75, 3.05) is 13.1 Å². The molecule has 1 fully saturated rings. The molecule has 0 spiro atoms. The van der Waals surface area contributed by atoms with Gasteiger partial charge < -0.3 is 5.32 Å². The first-order chi connectivity index (χ1) is 9.42. The summed E-state index contributed by atoms with van der Waals surface area (Å²) in [5.41, 5.74) is 1.03. The zero-order valence-corrected chi connectivity index (χ0v) is 13.0. The van der Waals surface area contributed by atoms with Gasteiger partial charge in [0.2, 0.25) is 0 Å². The summed E-state index contributed by atoms with van der Waals surface area (Å²) in [4.78, 5) is 6.39. The average molecular weight is 279 g/mol. The summed E-state index contributed by atoms with van der Waals surface area (Å²) >= 11 is 0. The highest BCUT2D eigenvalue weighted by Crippen LogP contribution is 2.24. The van der Waals surface area contributed by atoms with E-state index in [1.807, 2.05) is 0 Å². The summed E-state index contributed by atoms with van der Waals surface area (Å²) < 4.78 is 13.3. The highest BCUT2D eigenvalue weighted by Gasteiger charge is 2.35. The van der Waals surface area contributed by atoms with Crippen LogP contribution in [0.1, 0.15) is 39.7 Å². The van der Waals surface area contributed by atoms with Crippen molar-refractivity contribution in [2.24, 2.45) is 5.92 Å². The highest BCUT2D eigenvalue weighted by atomic mass is 19.1. The molecule has 1 aliphatic heterocycles. The number of pyridine rings is 1. The second-order valence-corrected chi connectivity index (χ2v) is 6.58. The number of piperazine rings is 1. The summed E-state index contributed by atoms with van der Waals surface area (Å²) in [6, 6.07) is 2.10. The summed E-state index contributed by atoms with van der Waals surface area (Å²) in [7, 11) is 0. The van der Waals surface area contributed by atoms with Crippen molar-refractivity contribution in [3.8, 4) is 0 Å². The third kappa shape index (κ3) is 3.55. The van der Waals surface area contributed by atoms with Crippen molar-refractivity contribution in [2.45, 2.75) is 52.2 Å². The van der Waals surface area contributed by atoms with Crippen LogP contribution in [0.25, 0.3) is 0 Å². The topological polar surface area (TPSA) is 28.2 Å². The fraction of sp³-hybridized carbons (Fsp3) is 0.688. The van der Waals surface area contributed by atoms with E-state index in [1.54, 1.807) is 12.3 Å². The standard InChI is InChI=1S/C16H26FN3/c1-5-12(2)15-10-20(16(3,4)11-19-15)9-13-6-14(17)8-18-7-13/h6-8,12,15,19H,5,9-11H2,1-4H3. The van der Waals surface area contributed by atoms with Gasteiger partial charge in [-0.1, -0.05) is 20.3 Å². The fourth-order valence-corrected chi connectivity index (χ4v) is 2.75. The first-order valence-corrected chi connectivity index (χ1v) is 7.50. The Balaban J connectivity index is 2.10. The van der Waals surface area contributed by atoms with E-state index in [9.17, 15) is 4.39 Å². The van der Waals surface area contributed by atoms with Crippen LogP contribution in [-0.4, -0.2) is 34.6 Å². The third-order valence-corrected chi connectivity index (χ3v) is 4.54. The predicted octanol–water partition coefficient (Wildman–Crippen LogP) is 2.82. The van der Waals surface area contributed by atoms with Gasteiger partial charge in [-0.2, -0.15) is 0 Å². The van der Waals surface area contributed by atoms with Crippen LogP contribution in [0, 0.1) is 11.7 Å². The van der Waals surface area contributed by atoms with Crippen LogP contribution in [0.2, 0.25) is 0 Å². The van der Waals surface area contributed by atoms with Crippen molar-refractivity contribution < 1.29 is 4.39 Å². The van der Waals surface area contributed by atoms with Gasteiger partial charge >= 0.3 is 0 Å². The van der Waals surface area contributed by atoms with Gasteiger partial charge in [-0.3, -0.25) is 9.88 Å². The van der Waals surface area contributed by atoms with Crippen LogP contribution in [0.4, 0.5) is 4.39 Å². The van der Waals surface area contributed by atoms with Gasteiger partial charge in [0.1, 0.15) is 5.82 Å². The second kappa shape index (κ2) is 6.19. The van der Waals surface area contributed by atoms with Crippen molar-refractivity contribution in [3.05, 3.63) is 29.8 Å². The predicted molar refractivity (Wildman–Crippen MR) is 79.9 cm³/mol. The molecule has 1 aliphatic rings. The van der Waals surface area contributed by atoms with Crippen molar-refractivity contribution in [3.63, 3.8) is 0 Å². The van der Waals surface area contributed by atoms with E-state index in [0.29, 0.717) is 12.0 Å². The lowest BCUT2D eigenvalue weighted by Gasteiger charge is -2.47. The molecule has 2 rings (SSSR count). The minimum atomic E-state index is -0.256. The zero-order chi connectivity index (χ0) is 14.8. The van der Waals surface area contributed by atoms with Gasteiger partial charge in [0.25, 0.3) is 0 Å². The quantitative estimate of drug-likeness (QED) is 0.918. The summed E-state index contributed by atoms with van der Waals surface area (Å²) in [6.07, 6.45) is 4.20. The molecule has 2 unspecified atom stereocenters. The lowest BCUT2D eigenvalue weighted by molar-refractivity contribution is 0.0447. The van der Waals surface area contributed by atoms with Crippen LogP contribution in [0.3, 0.4) is 0 Å². The van der Waals surface area contributed by atoms with Gasteiger partial charge in [0, 0.05) is 37.4 Å². The number of halogens is 1. The molecule has 0 amide bonds. The van der Waals surface area contributed by atoms with E-state index >= 15 is 0 Å². The number of hydrogen-bond acceptors (Lipinski definition) is 3. The number of rotatable bonds is 4. The Morgan fingerprint density at radius 1 is 1.50 bits per heavy atom. The minimum Gasteiger partial charge on any atom is -0.311 e. The molecule has 3 nitrogen and oxygen atoms in total. The average Bonchev–Trinajstić information content (AvgIpc) is 2.40. The first kappa shape index (κ1) is 15.4. The van der Waals surface area contributed by atoms with Gasteiger partial charge in [0.05, 0.1) is 6.20 Å². The third-order valence-electron chi connectivity index (χ3n) is 4.54. The number of nitrogens with zero attached hydrogens (tertiary/aromatic N) is 2. The first-order valence-electron chi connectivity index (χ1n) is 7.50. The Hall–Kier alpha value is -1.00. The second-order valence-electron chi connectivity index (χ2n) is 6.58. The normalized spacial score (nSPS) is 24.6. The van der Waals surface area contributed by atoms with E-state index < -0.39 is 0 Å². The molecule has 2 heterocycles. The number of aromatic nitrogens is 1. The van der Waals surface area contributed by atoms with Gasteiger partial charge in [-0.25, -0.2) is 4.39 Å². The SMILES string of the molecule is CCC(C)C1CN(Cc2cncc(F)c2)C(C)(C)CN1. The molecule has 4 heteroatoms. The van der Waals surface area contributed by atoms with Crippen molar-refractivity contribution in [1.29, 1.82) is 0 Å². The van der Waals surface area contributed by atoms with Crippen LogP contribution in [0.15, 0.2) is 18.5 Å². The number of hydrogen-bond donors (Lipinski definition) is 1. The molecular formula is C16H26FN3. The maximum atomic E-state index is 13.3. The smallest absolute Gasteiger partial charge is 0.141 e. The number of nitrogens with one attached hydrogen (secondary N) is 1. The molecule has 0 aromatic carbocycles. The molecule has 1 saturated heterocycles. The minimum absolute atomic E-state index is 0.0796. The van der Waals surface area contributed by atoms with Crippen molar-refractivity contribution >= 4 is 0 Å². The van der Waals surface area contributed by atoms with E-state index in [1.165, 1.54) is 12.6 Å². The molecule has 1 aromatic heterocycles. The summed E-state index contributed by atoms with van der Waals surface area (Å²) in [5.74, 6) is 0.396. The van der Waals surface area contributed by atoms with Crippen LogP contribution < -0.4 is 5.32 Å². The molecule has 0 bridgehead atoms. The molecule has 0 aliphatic carbocycles. The Morgan fingerprint density at radius 3 is 2.90 bits per heavy atom. The zero-order valence-electron chi connectivity index (χ0n) is 13.0. The Kier molecular flexibility index (Phi) is 4.76. The van der Waals surface area contributed by atoms with Crippen LogP contribution >= 0.6 is 0 Å². The Morgan fingerprint density at radius 2 is 2.25 bits per heavy atom. The van der Waals surface area contributed by atoms with Crippen molar-refractivity contribution in [1.82, 2.24) is 15.2 Å². The lowest BCUT2D eigenvalue weighted by Crippen LogP contribution is -2.62. The lowest BCUT2D eigenvalue weighted by atomic mass is 9.90. The highest BCUT2D eigenvalue weighted by molar-refractivity contribution is 5.11. The van der Waals surface area contributed by atoms with Gasteiger partial charge in [0.15, 0.2) is 0 Å². The maximum Gasteiger partial charge on any atom is 0.141 e. The van der Waals surface area contributed by atoms with E-state index in [4.69, 9.17) is 0 Å². The fourth-order valence-electron chi connectivity index (χ4n) is 2.75. The van der Waals surface area contributed by atoms with Crippen LogP contribution in [-0.2, 0) is 6.54 Å². The van der Waals surface area contributed by atoms with Gasteiger partial charge in [-0.05, 0) is 31.4 Å². The largest absolute Gasteiger partial charge is 0.311 e. The van der Waals surface area contributed by atoms with E-state index in [-0.39, 0.29) is 11.4 Å². The monoisotopic (exact) mass is 279 g/mol. The molecule has 20 heavy (non-hydrogen) atoms. The Bertz CT molecular complexity index is 447. The van der Waals surface area contributed by atoms with Crippen LogP contribution in [0.5, 0.6) is 0 Å². The molecule has 1 N–H and O–H groups in total. The Labute approximate surface area is 121 Å².